The predicted molar refractivity (Wildman–Crippen MR) is 106 cm³/mol. The molecule has 1 aromatic heterocycles. The number of nitrogens with zero attached hydrogens (tertiary/aromatic N) is 1. The average Bonchev–Trinajstić information content (AvgIpc) is 2.67. The number of hydrazine groups is 1. The minimum atomic E-state index is -0.417. The Bertz CT molecular complexity index is 974. The number of nitrogens with one attached hydrogen (secondary N) is 2. The third-order valence-corrected chi connectivity index (χ3v) is 4.92. The van der Waals surface area contributed by atoms with E-state index in [2.05, 4.69) is 15.8 Å². The summed E-state index contributed by atoms with van der Waals surface area (Å²) >= 11 is 1.39. The van der Waals surface area contributed by atoms with Crippen LogP contribution in [0.15, 0.2) is 76.8 Å². The Morgan fingerprint density at radius 2 is 1.56 bits per heavy atom. The molecule has 5 nitrogen and oxygen atoms in total. The molecule has 2 N–H and O–H groups in total. The van der Waals surface area contributed by atoms with Crippen molar-refractivity contribution >= 4 is 23.6 Å². The number of benzene rings is 2. The van der Waals surface area contributed by atoms with Crippen LogP contribution in [0.25, 0.3) is 0 Å². The number of carbonyl (C=O) groups excluding carboxylic acids is 2. The zero-order valence-electron chi connectivity index (χ0n) is 15.0. The summed E-state index contributed by atoms with van der Waals surface area (Å²) in [4.78, 5) is 30.2. The highest BCUT2D eigenvalue weighted by molar-refractivity contribution is 7.99. The Kier molecular flexibility index (Phi) is 5.88. The molecule has 2 amide bonds. The van der Waals surface area contributed by atoms with Gasteiger partial charge in [-0.2, -0.15) is 0 Å². The highest BCUT2D eigenvalue weighted by atomic mass is 32.2. The van der Waals surface area contributed by atoms with Gasteiger partial charge in [0, 0.05) is 16.7 Å². The number of rotatable bonds is 4. The lowest BCUT2D eigenvalue weighted by molar-refractivity contribution is 0.0844. The van der Waals surface area contributed by atoms with Gasteiger partial charge in [0.25, 0.3) is 11.8 Å². The van der Waals surface area contributed by atoms with Crippen LogP contribution in [0.3, 0.4) is 0 Å². The quantitative estimate of drug-likeness (QED) is 0.676. The van der Waals surface area contributed by atoms with Crippen LogP contribution in [0.2, 0.25) is 0 Å². The van der Waals surface area contributed by atoms with Gasteiger partial charge in [-0.25, -0.2) is 4.98 Å². The Hall–Kier alpha value is -3.12. The Labute approximate surface area is 162 Å². The number of hydrogen-bond donors (Lipinski definition) is 2. The third-order valence-electron chi connectivity index (χ3n) is 3.89. The maximum absolute atomic E-state index is 12.6. The van der Waals surface area contributed by atoms with E-state index in [9.17, 15) is 9.59 Å². The molecule has 2 aromatic carbocycles. The summed E-state index contributed by atoms with van der Waals surface area (Å²) in [5, 5.41) is 0.571. The Morgan fingerprint density at radius 3 is 2.26 bits per heavy atom. The van der Waals surface area contributed by atoms with E-state index >= 15 is 0 Å². The van der Waals surface area contributed by atoms with Crippen molar-refractivity contribution in [2.75, 3.05) is 0 Å². The molecule has 136 valence electrons. The standard InChI is InChI=1S/C21H19N3O2S/c1-14-10-11-17(15(2)13-14)19(25)23-24-20(26)18-9-6-12-22-21(18)27-16-7-4-3-5-8-16/h3-13H,1-2H3,(H,23,25)(H,24,26). The second-order valence-corrected chi connectivity index (χ2v) is 7.06. The van der Waals surface area contributed by atoms with Gasteiger partial charge in [0.05, 0.1) is 5.56 Å². The van der Waals surface area contributed by atoms with Gasteiger partial charge in [-0.05, 0) is 49.7 Å². The fourth-order valence-corrected chi connectivity index (χ4v) is 3.46. The molecular weight excluding hydrogens is 358 g/mol. The molecular formula is C21H19N3O2S. The lowest BCUT2D eigenvalue weighted by atomic mass is 10.1. The third kappa shape index (κ3) is 4.74. The van der Waals surface area contributed by atoms with Crippen molar-refractivity contribution in [2.24, 2.45) is 0 Å². The predicted octanol–water partition coefficient (Wildman–Crippen LogP) is 3.92. The number of aromatic nitrogens is 1. The number of carbonyl (C=O) groups is 2. The smallest absolute Gasteiger partial charge is 0.267 e. The highest BCUT2D eigenvalue weighted by Gasteiger charge is 2.15. The van der Waals surface area contributed by atoms with Gasteiger partial charge in [-0.15, -0.1) is 0 Å². The van der Waals surface area contributed by atoms with Crippen LogP contribution in [-0.2, 0) is 0 Å². The van der Waals surface area contributed by atoms with Crippen molar-refractivity contribution in [1.82, 2.24) is 15.8 Å². The number of pyridine rings is 1. The monoisotopic (exact) mass is 377 g/mol. The molecule has 0 fully saturated rings. The van der Waals surface area contributed by atoms with Gasteiger partial charge in [0.2, 0.25) is 0 Å². The lowest BCUT2D eigenvalue weighted by Gasteiger charge is -2.11. The van der Waals surface area contributed by atoms with E-state index in [-0.39, 0.29) is 5.91 Å². The molecule has 3 rings (SSSR count). The second kappa shape index (κ2) is 8.51. The van der Waals surface area contributed by atoms with Crippen LogP contribution in [-0.4, -0.2) is 16.8 Å². The van der Waals surface area contributed by atoms with Crippen molar-refractivity contribution in [1.29, 1.82) is 0 Å². The first-order valence-corrected chi connectivity index (χ1v) is 9.22. The fourth-order valence-electron chi connectivity index (χ4n) is 2.56. The van der Waals surface area contributed by atoms with Crippen LogP contribution in [0.4, 0.5) is 0 Å². The van der Waals surface area contributed by atoms with Crippen LogP contribution >= 0.6 is 11.8 Å². The minimum absolute atomic E-state index is 0.359. The highest BCUT2D eigenvalue weighted by Crippen LogP contribution is 2.28. The van der Waals surface area contributed by atoms with E-state index in [1.54, 1.807) is 24.4 Å². The van der Waals surface area contributed by atoms with Gasteiger partial charge in [-0.1, -0.05) is 47.7 Å². The summed E-state index contributed by atoms with van der Waals surface area (Å²) in [6.45, 7) is 3.82. The van der Waals surface area contributed by atoms with E-state index in [1.807, 2.05) is 56.3 Å². The van der Waals surface area contributed by atoms with Crippen LogP contribution < -0.4 is 10.9 Å². The van der Waals surface area contributed by atoms with Gasteiger partial charge in [0.1, 0.15) is 5.03 Å². The molecule has 1 heterocycles. The fraction of sp³-hybridized carbons (Fsp3) is 0.0952. The summed E-state index contributed by atoms with van der Waals surface area (Å²) in [6.07, 6.45) is 1.64. The summed E-state index contributed by atoms with van der Waals surface area (Å²) in [5.41, 5.74) is 7.79. The van der Waals surface area contributed by atoms with E-state index in [0.717, 1.165) is 16.0 Å². The Morgan fingerprint density at radius 1 is 0.852 bits per heavy atom. The summed E-state index contributed by atoms with van der Waals surface area (Å²) in [5.74, 6) is -0.776. The van der Waals surface area contributed by atoms with Crippen LogP contribution in [0.5, 0.6) is 0 Å². The molecule has 0 bridgehead atoms. The molecule has 0 aliphatic rings. The molecule has 3 aromatic rings. The zero-order chi connectivity index (χ0) is 19.2. The van der Waals surface area contributed by atoms with Crippen molar-refractivity contribution in [2.45, 2.75) is 23.8 Å². The number of hydrogen-bond acceptors (Lipinski definition) is 4. The van der Waals surface area contributed by atoms with E-state index in [4.69, 9.17) is 0 Å². The van der Waals surface area contributed by atoms with Gasteiger partial charge in [-0.3, -0.25) is 20.4 Å². The normalized spacial score (nSPS) is 10.3. The van der Waals surface area contributed by atoms with Gasteiger partial charge >= 0.3 is 0 Å². The van der Waals surface area contributed by atoms with Crippen LogP contribution in [0.1, 0.15) is 31.8 Å². The summed E-state index contributed by atoms with van der Waals surface area (Å²) in [6, 6.07) is 18.6. The van der Waals surface area contributed by atoms with E-state index in [0.29, 0.717) is 16.2 Å². The molecule has 0 saturated heterocycles. The minimum Gasteiger partial charge on any atom is -0.267 e. The molecule has 0 aliphatic heterocycles. The topological polar surface area (TPSA) is 71.1 Å². The number of aryl methyl sites for hydroxylation is 2. The average molecular weight is 377 g/mol. The maximum Gasteiger partial charge on any atom is 0.272 e. The summed E-state index contributed by atoms with van der Waals surface area (Å²) < 4.78 is 0. The molecule has 0 atom stereocenters. The van der Waals surface area contributed by atoms with Crippen molar-refractivity contribution in [3.63, 3.8) is 0 Å². The van der Waals surface area contributed by atoms with Crippen LogP contribution in [0, 0.1) is 13.8 Å². The molecule has 0 saturated carbocycles. The van der Waals surface area contributed by atoms with Crippen molar-refractivity contribution < 1.29 is 9.59 Å². The molecule has 27 heavy (non-hydrogen) atoms. The van der Waals surface area contributed by atoms with Crippen molar-refractivity contribution in [3.05, 3.63) is 89.1 Å². The molecule has 0 spiro atoms. The van der Waals surface area contributed by atoms with Gasteiger partial charge < -0.3 is 0 Å². The van der Waals surface area contributed by atoms with Gasteiger partial charge in [0.15, 0.2) is 0 Å². The first kappa shape index (κ1) is 18.7. The van der Waals surface area contributed by atoms with Crippen molar-refractivity contribution in [3.8, 4) is 0 Å². The zero-order valence-corrected chi connectivity index (χ0v) is 15.8. The number of amides is 2. The molecule has 6 heteroatoms. The summed E-state index contributed by atoms with van der Waals surface area (Å²) in [7, 11) is 0. The SMILES string of the molecule is Cc1ccc(C(=O)NNC(=O)c2cccnc2Sc2ccccc2)c(C)c1. The first-order chi connectivity index (χ1) is 13.0. The second-order valence-electron chi connectivity index (χ2n) is 6.00. The Balaban J connectivity index is 1.70. The lowest BCUT2D eigenvalue weighted by Crippen LogP contribution is -2.42. The van der Waals surface area contributed by atoms with E-state index < -0.39 is 5.91 Å². The first-order valence-electron chi connectivity index (χ1n) is 8.40. The molecule has 0 radical (unpaired) electrons. The maximum atomic E-state index is 12.6. The largest absolute Gasteiger partial charge is 0.272 e. The molecule has 0 unspecified atom stereocenters. The van der Waals surface area contributed by atoms with E-state index in [1.165, 1.54) is 11.8 Å². The molecule has 0 aliphatic carbocycles.